The lowest BCUT2D eigenvalue weighted by atomic mass is 10.00. The van der Waals surface area contributed by atoms with Gasteiger partial charge in [0.15, 0.2) is 0 Å². The number of hydrogen-bond donors (Lipinski definition) is 2. The second kappa shape index (κ2) is 6.80. The van der Waals surface area contributed by atoms with Crippen LogP contribution in [-0.2, 0) is 9.53 Å². The van der Waals surface area contributed by atoms with E-state index < -0.39 is 0 Å². The number of amides is 1. The van der Waals surface area contributed by atoms with Crippen LogP contribution < -0.4 is 11.1 Å². The van der Waals surface area contributed by atoms with Crippen LogP contribution in [0.3, 0.4) is 0 Å². The Kier molecular flexibility index (Phi) is 5.65. The molecule has 0 aromatic heterocycles. The van der Waals surface area contributed by atoms with Crippen molar-refractivity contribution in [2.75, 3.05) is 19.8 Å². The van der Waals surface area contributed by atoms with Crippen LogP contribution in [0.4, 0.5) is 0 Å². The first-order chi connectivity index (χ1) is 7.24. The van der Waals surface area contributed by atoms with Gasteiger partial charge >= 0.3 is 0 Å². The summed E-state index contributed by atoms with van der Waals surface area (Å²) < 4.78 is 5.14. The molecule has 0 saturated heterocycles. The van der Waals surface area contributed by atoms with E-state index in [1.807, 2.05) is 6.92 Å². The molecule has 1 aliphatic rings. The molecule has 0 aromatic rings. The largest absolute Gasteiger partial charge is 0.380 e. The van der Waals surface area contributed by atoms with E-state index in [9.17, 15) is 4.79 Å². The van der Waals surface area contributed by atoms with E-state index in [0.717, 1.165) is 19.3 Å². The summed E-state index contributed by atoms with van der Waals surface area (Å²) in [5.74, 6) is 0.495. The lowest BCUT2D eigenvalue weighted by Gasteiger charge is -2.14. The summed E-state index contributed by atoms with van der Waals surface area (Å²) in [5, 5.41) is 2.85. The molecule has 1 aliphatic carbocycles. The molecular formula is C11H22N2O2. The van der Waals surface area contributed by atoms with Gasteiger partial charge in [0, 0.05) is 25.6 Å². The topological polar surface area (TPSA) is 64.3 Å². The van der Waals surface area contributed by atoms with Crippen LogP contribution in [0.5, 0.6) is 0 Å². The smallest absolute Gasteiger partial charge is 0.220 e. The maximum atomic E-state index is 11.5. The van der Waals surface area contributed by atoms with E-state index in [2.05, 4.69) is 5.32 Å². The highest BCUT2D eigenvalue weighted by molar-refractivity contribution is 5.76. The number of nitrogens with one attached hydrogen (secondary N) is 1. The van der Waals surface area contributed by atoms with Crippen molar-refractivity contribution in [2.45, 2.75) is 38.6 Å². The lowest BCUT2D eigenvalue weighted by Crippen LogP contribution is -2.33. The fourth-order valence-electron chi connectivity index (χ4n) is 2.04. The number of carbonyl (C=O) groups excluding carboxylic acids is 1. The van der Waals surface area contributed by atoms with Gasteiger partial charge in [0.05, 0.1) is 6.61 Å². The zero-order valence-electron chi connectivity index (χ0n) is 9.50. The average Bonchev–Trinajstić information content (AvgIpc) is 2.59. The van der Waals surface area contributed by atoms with Gasteiger partial charge < -0.3 is 15.8 Å². The molecule has 0 aliphatic heterocycles. The first kappa shape index (κ1) is 12.5. The molecule has 4 nitrogen and oxygen atoms in total. The minimum atomic E-state index is 0.108. The van der Waals surface area contributed by atoms with Crippen LogP contribution in [0, 0.1) is 5.92 Å². The highest BCUT2D eigenvalue weighted by Gasteiger charge is 2.25. The summed E-state index contributed by atoms with van der Waals surface area (Å²) >= 11 is 0. The highest BCUT2D eigenvalue weighted by atomic mass is 16.5. The molecule has 0 bridgehead atoms. The maximum absolute atomic E-state index is 11.5. The molecule has 0 heterocycles. The number of carbonyl (C=O) groups is 1. The molecule has 15 heavy (non-hydrogen) atoms. The molecule has 0 aromatic carbocycles. The van der Waals surface area contributed by atoms with Gasteiger partial charge in [-0.1, -0.05) is 6.42 Å². The van der Waals surface area contributed by atoms with Gasteiger partial charge in [0.25, 0.3) is 0 Å². The van der Waals surface area contributed by atoms with E-state index >= 15 is 0 Å². The summed E-state index contributed by atoms with van der Waals surface area (Å²) in [6, 6.07) is 0.225. The number of hydrogen-bond acceptors (Lipinski definition) is 3. The van der Waals surface area contributed by atoms with Crippen LogP contribution in [0.1, 0.15) is 32.6 Å². The molecular weight excluding hydrogens is 192 g/mol. The number of ether oxygens (including phenoxy) is 1. The summed E-state index contributed by atoms with van der Waals surface area (Å²) in [4.78, 5) is 11.5. The van der Waals surface area contributed by atoms with Crippen molar-refractivity contribution in [3.05, 3.63) is 0 Å². The Hall–Kier alpha value is -0.610. The van der Waals surface area contributed by atoms with Crippen molar-refractivity contribution in [1.29, 1.82) is 0 Å². The van der Waals surface area contributed by atoms with Gasteiger partial charge in [0.2, 0.25) is 5.91 Å². The van der Waals surface area contributed by atoms with Gasteiger partial charge in [-0.25, -0.2) is 0 Å². The molecule has 1 amide bonds. The summed E-state index contributed by atoms with van der Waals surface area (Å²) in [6.45, 7) is 3.84. The molecule has 1 rings (SSSR count). The van der Waals surface area contributed by atoms with Crippen molar-refractivity contribution in [3.8, 4) is 0 Å². The Morgan fingerprint density at radius 3 is 2.93 bits per heavy atom. The van der Waals surface area contributed by atoms with Crippen molar-refractivity contribution in [2.24, 2.45) is 11.7 Å². The van der Waals surface area contributed by atoms with Crippen LogP contribution in [0.2, 0.25) is 0 Å². The standard InChI is InChI=1S/C11H22N2O2/c1-2-15-7-6-13-11(14)8-9-4-3-5-10(9)12/h9-10H,2-8,12H2,1H3,(H,13,14)/t9-,10+/m0/s1. The molecule has 1 fully saturated rings. The van der Waals surface area contributed by atoms with E-state index in [0.29, 0.717) is 32.1 Å². The Bertz CT molecular complexity index is 197. The molecule has 0 unspecified atom stereocenters. The van der Waals surface area contributed by atoms with Gasteiger partial charge in [-0.2, -0.15) is 0 Å². The third-order valence-corrected chi connectivity index (χ3v) is 2.94. The van der Waals surface area contributed by atoms with Gasteiger partial charge in [0.1, 0.15) is 0 Å². The van der Waals surface area contributed by atoms with Crippen molar-refractivity contribution in [3.63, 3.8) is 0 Å². The lowest BCUT2D eigenvalue weighted by molar-refractivity contribution is -0.122. The Balaban J connectivity index is 2.07. The summed E-state index contributed by atoms with van der Waals surface area (Å²) in [7, 11) is 0. The zero-order valence-corrected chi connectivity index (χ0v) is 9.50. The summed E-state index contributed by atoms with van der Waals surface area (Å²) in [5.41, 5.74) is 5.90. The Morgan fingerprint density at radius 1 is 1.53 bits per heavy atom. The molecule has 2 atom stereocenters. The van der Waals surface area contributed by atoms with Crippen molar-refractivity contribution in [1.82, 2.24) is 5.32 Å². The molecule has 0 radical (unpaired) electrons. The fourth-order valence-corrected chi connectivity index (χ4v) is 2.04. The predicted octanol–water partition coefficient (Wildman–Crippen LogP) is 0.657. The van der Waals surface area contributed by atoms with E-state index in [1.54, 1.807) is 0 Å². The van der Waals surface area contributed by atoms with Crippen LogP contribution >= 0.6 is 0 Å². The van der Waals surface area contributed by atoms with Crippen LogP contribution in [-0.4, -0.2) is 31.7 Å². The SMILES string of the molecule is CCOCCNC(=O)C[C@@H]1CCC[C@H]1N. The second-order valence-corrected chi connectivity index (χ2v) is 4.11. The van der Waals surface area contributed by atoms with Gasteiger partial charge in [-0.15, -0.1) is 0 Å². The second-order valence-electron chi connectivity index (χ2n) is 4.11. The molecule has 4 heteroatoms. The Morgan fingerprint density at radius 2 is 2.33 bits per heavy atom. The summed E-state index contributed by atoms with van der Waals surface area (Å²) in [6.07, 6.45) is 3.91. The minimum absolute atomic E-state index is 0.108. The molecule has 0 spiro atoms. The zero-order chi connectivity index (χ0) is 11.1. The van der Waals surface area contributed by atoms with E-state index in [4.69, 9.17) is 10.5 Å². The monoisotopic (exact) mass is 214 g/mol. The molecule has 3 N–H and O–H groups in total. The minimum Gasteiger partial charge on any atom is -0.380 e. The average molecular weight is 214 g/mol. The van der Waals surface area contributed by atoms with Crippen molar-refractivity contribution >= 4 is 5.91 Å². The van der Waals surface area contributed by atoms with E-state index in [-0.39, 0.29) is 11.9 Å². The number of rotatable bonds is 6. The number of nitrogens with two attached hydrogens (primary N) is 1. The molecule has 1 saturated carbocycles. The van der Waals surface area contributed by atoms with Gasteiger partial charge in [-0.3, -0.25) is 4.79 Å². The fraction of sp³-hybridized carbons (Fsp3) is 0.909. The van der Waals surface area contributed by atoms with Crippen LogP contribution in [0.15, 0.2) is 0 Å². The third kappa shape index (κ3) is 4.62. The first-order valence-electron chi connectivity index (χ1n) is 5.84. The maximum Gasteiger partial charge on any atom is 0.220 e. The highest BCUT2D eigenvalue weighted by Crippen LogP contribution is 2.26. The molecule has 88 valence electrons. The quantitative estimate of drug-likeness (QED) is 0.638. The van der Waals surface area contributed by atoms with Crippen LogP contribution in [0.25, 0.3) is 0 Å². The Labute approximate surface area is 91.5 Å². The van der Waals surface area contributed by atoms with E-state index in [1.165, 1.54) is 0 Å². The predicted molar refractivity (Wildman–Crippen MR) is 59.4 cm³/mol. The van der Waals surface area contributed by atoms with Gasteiger partial charge in [-0.05, 0) is 25.7 Å². The van der Waals surface area contributed by atoms with Crippen molar-refractivity contribution < 1.29 is 9.53 Å². The first-order valence-corrected chi connectivity index (χ1v) is 5.84. The normalized spacial score (nSPS) is 25.5. The third-order valence-electron chi connectivity index (χ3n) is 2.94.